The summed E-state index contributed by atoms with van der Waals surface area (Å²) in [4.78, 5) is 1.82. The third-order valence-corrected chi connectivity index (χ3v) is 4.56. The highest BCUT2D eigenvalue weighted by Crippen LogP contribution is 2.48. The summed E-state index contributed by atoms with van der Waals surface area (Å²) in [6.45, 7) is 1.33. The molecule has 1 aromatic carbocycles. The minimum atomic E-state index is -4.44. The molecule has 3 unspecified atom stereocenters. The maximum Gasteiger partial charge on any atom is 0.418 e. The molecule has 5 nitrogen and oxygen atoms in total. The Morgan fingerprint density at radius 1 is 1.26 bits per heavy atom. The number of ether oxygens (including phenoxy) is 1. The van der Waals surface area contributed by atoms with Crippen molar-refractivity contribution in [2.75, 3.05) is 24.6 Å². The Kier molecular flexibility index (Phi) is 3.19. The second-order valence-electron chi connectivity index (χ2n) is 6.26. The number of benzene rings is 1. The van der Waals surface area contributed by atoms with Crippen LogP contribution >= 0.6 is 0 Å². The molecule has 2 aliphatic heterocycles. The van der Waals surface area contributed by atoms with Gasteiger partial charge >= 0.3 is 6.18 Å². The van der Waals surface area contributed by atoms with Crippen LogP contribution in [-0.2, 0) is 10.9 Å². The molecule has 1 saturated carbocycles. The minimum absolute atomic E-state index is 0.0524. The van der Waals surface area contributed by atoms with E-state index in [1.54, 1.807) is 6.07 Å². The number of rotatable bonds is 2. The molecule has 4 rings (SSSR count). The first-order chi connectivity index (χ1) is 10.9. The lowest BCUT2D eigenvalue weighted by Crippen LogP contribution is -2.36. The average molecular weight is 327 g/mol. The number of nitrogens with one attached hydrogen (secondary N) is 1. The Morgan fingerprint density at radius 2 is 2.00 bits per heavy atom. The fourth-order valence-electron chi connectivity index (χ4n) is 3.28. The van der Waals surface area contributed by atoms with Crippen LogP contribution in [0.2, 0.25) is 0 Å². The Labute approximate surface area is 130 Å². The van der Waals surface area contributed by atoms with Crippen molar-refractivity contribution < 1.29 is 23.0 Å². The van der Waals surface area contributed by atoms with Gasteiger partial charge in [0.1, 0.15) is 6.61 Å². The van der Waals surface area contributed by atoms with Gasteiger partial charge < -0.3 is 14.7 Å². The molecule has 3 aliphatic rings. The number of halogens is 3. The number of nitrogens with zero attached hydrogens (tertiary/aromatic N) is 2. The number of piperidine rings is 1. The van der Waals surface area contributed by atoms with Crippen LogP contribution in [0.4, 0.5) is 18.9 Å². The van der Waals surface area contributed by atoms with Crippen LogP contribution in [0.5, 0.6) is 0 Å². The Balaban J connectivity index is 1.68. The van der Waals surface area contributed by atoms with Crippen LogP contribution in [0.15, 0.2) is 23.3 Å². The molecule has 2 N–H and O–H groups in total. The van der Waals surface area contributed by atoms with Crippen LogP contribution in [0.25, 0.3) is 0 Å². The van der Waals surface area contributed by atoms with Crippen LogP contribution < -0.4 is 10.3 Å². The van der Waals surface area contributed by atoms with Gasteiger partial charge in [-0.1, -0.05) is 0 Å². The molecule has 2 fully saturated rings. The van der Waals surface area contributed by atoms with Gasteiger partial charge in [-0.25, -0.2) is 0 Å². The fraction of sp³-hybridized carbons (Fsp3) is 0.533. The van der Waals surface area contributed by atoms with E-state index in [0.717, 1.165) is 12.5 Å². The molecule has 0 amide bonds. The lowest BCUT2D eigenvalue weighted by molar-refractivity contribution is -0.137. The molecule has 0 bridgehead atoms. The molecule has 2 heterocycles. The zero-order valence-electron chi connectivity index (χ0n) is 12.2. The monoisotopic (exact) mass is 327 g/mol. The molecule has 0 spiro atoms. The summed E-state index contributed by atoms with van der Waals surface area (Å²) in [6, 6.07) is 4.13. The zero-order valence-corrected chi connectivity index (χ0v) is 12.2. The highest BCUT2D eigenvalue weighted by molar-refractivity contribution is 5.95. The molecular weight excluding hydrogens is 311 g/mol. The van der Waals surface area contributed by atoms with Gasteiger partial charge in [-0.3, -0.25) is 5.43 Å². The van der Waals surface area contributed by atoms with Crippen molar-refractivity contribution in [3.63, 3.8) is 0 Å². The summed E-state index contributed by atoms with van der Waals surface area (Å²) in [7, 11) is 0. The topological polar surface area (TPSA) is 57.1 Å². The first-order valence-corrected chi connectivity index (χ1v) is 7.52. The third kappa shape index (κ3) is 2.71. The number of hydrogen-bond donors (Lipinski definition) is 2. The number of hydrogen-bond acceptors (Lipinski definition) is 5. The predicted molar refractivity (Wildman–Crippen MR) is 76.9 cm³/mol. The standard InChI is InChI=1S/C15H16F3N3O2/c16-15(17,18)11-4-8(14-20-19-13(22)7-23-14)1-2-12(11)21-5-9-3-10(9)6-21/h1-2,4,9-10,13,19,22H,3,5-7H2. The highest BCUT2D eigenvalue weighted by Gasteiger charge is 2.47. The molecule has 1 saturated heterocycles. The van der Waals surface area contributed by atoms with Crippen molar-refractivity contribution in [2.45, 2.75) is 18.8 Å². The summed E-state index contributed by atoms with van der Waals surface area (Å²) in [5.41, 5.74) is 2.19. The average Bonchev–Trinajstić information content (AvgIpc) is 3.13. The van der Waals surface area contributed by atoms with E-state index in [0.29, 0.717) is 24.9 Å². The van der Waals surface area contributed by atoms with E-state index >= 15 is 0 Å². The van der Waals surface area contributed by atoms with Gasteiger partial charge in [-0.05, 0) is 36.5 Å². The molecule has 1 aliphatic carbocycles. The van der Waals surface area contributed by atoms with Gasteiger partial charge in [0.2, 0.25) is 5.90 Å². The van der Waals surface area contributed by atoms with Crippen molar-refractivity contribution in [2.24, 2.45) is 16.9 Å². The maximum absolute atomic E-state index is 13.5. The van der Waals surface area contributed by atoms with E-state index in [9.17, 15) is 18.3 Å². The van der Waals surface area contributed by atoms with E-state index < -0.39 is 18.0 Å². The lowest BCUT2D eigenvalue weighted by atomic mass is 10.1. The molecule has 3 atom stereocenters. The first-order valence-electron chi connectivity index (χ1n) is 7.52. The largest absolute Gasteiger partial charge is 0.471 e. The number of hydrazone groups is 1. The smallest absolute Gasteiger partial charge is 0.418 e. The fourth-order valence-corrected chi connectivity index (χ4v) is 3.28. The van der Waals surface area contributed by atoms with Crippen LogP contribution in [-0.4, -0.2) is 36.9 Å². The van der Waals surface area contributed by atoms with E-state index in [4.69, 9.17) is 4.74 Å². The van der Waals surface area contributed by atoms with Gasteiger partial charge in [0.15, 0.2) is 6.23 Å². The Morgan fingerprint density at radius 3 is 2.61 bits per heavy atom. The third-order valence-electron chi connectivity index (χ3n) is 4.56. The van der Waals surface area contributed by atoms with Crippen molar-refractivity contribution >= 4 is 11.6 Å². The van der Waals surface area contributed by atoms with Crippen LogP contribution in [0.1, 0.15) is 17.5 Å². The number of fused-ring (bicyclic) bond motifs is 1. The quantitative estimate of drug-likeness (QED) is 0.869. The summed E-state index contributed by atoms with van der Waals surface area (Å²) in [5, 5.41) is 13.0. The molecule has 1 aromatic rings. The zero-order chi connectivity index (χ0) is 16.2. The van der Waals surface area contributed by atoms with Gasteiger partial charge in [-0.15, -0.1) is 5.10 Å². The summed E-state index contributed by atoms with van der Waals surface area (Å²) in [6.07, 6.45) is -4.26. The summed E-state index contributed by atoms with van der Waals surface area (Å²) in [5.74, 6) is 1.15. The van der Waals surface area contributed by atoms with Gasteiger partial charge in [0.05, 0.1) is 5.56 Å². The Hall–Kier alpha value is -1.96. The molecule has 0 radical (unpaired) electrons. The molecule has 0 aromatic heterocycles. The second kappa shape index (κ2) is 5.02. The SMILES string of the molecule is OC1COC(c2ccc(N3CC4CC4C3)c(C(F)(F)F)c2)=NN1. The normalized spacial score (nSPS) is 29.5. The lowest BCUT2D eigenvalue weighted by Gasteiger charge is -2.26. The molecule has 23 heavy (non-hydrogen) atoms. The van der Waals surface area contributed by atoms with Gasteiger partial charge in [-0.2, -0.15) is 13.2 Å². The molecule has 124 valence electrons. The van der Waals surface area contributed by atoms with Crippen molar-refractivity contribution in [1.29, 1.82) is 0 Å². The maximum atomic E-state index is 13.5. The van der Waals surface area contributed by atoms with E-state index in [1.165, 1.54) is 6.07 Å². The van der Waals surface area contributed by atoms with E-state index in [1.807, 2.05) is 4.90 Å². The number of anilines is 1. The summed E-state index contributed by atoms with van der Waals surface area (Å²) < 4.78 is 45.6. The first kappa shape index (κ1) is 14.6. The Bertz CT molecular complexity index is 652. The highest BCUT2D eigenvalue weighted by atomic mass is 19.4. The molecule has 8 heteroatoms. The minimum Gasteiger partial charge on any atom is -0.471 e. The van der Waals surface area contributed by atoms with E-state index in [2.05, 4.69) is 10.5 Å². The van der Waals surface area contributed by atoms with Gasteiger partial charge in [0.25, 0.3) is 0 Å². The number of aliphatic hydroxyl groups is 1. The van der Waals surface area contributed by atoms with Crippen LogP contribution in [0, 0.1) is 11.8 Å². The van der Waals surface area contributed by atoms with Crippen LogP contribution in [0.3, 0.4) is 0 Å². The summed E-state index contributed by atoms with van der Waals surface area (Å²) >= 11 is 0. The number of aliphatic hydroxyl groups excluding tert-OH is 1. The predicted octanol–water partition coefficient (Wildman–Crippen LogP) is 1.76. The molecular formula is C15H16F3N3O2. The van der Waals surface area contributed by atoms with E-state index in [-0.39, 0.29) is 23.8 Å². The second-order valence-corrected chi connectivity index (χ2v) is 6.26. The number of alkyl halides is 3. The van der Waals surface area contributed by atoms with Crippen molar-refractivity contribution in [3.05, 3.63) is 29.3 Å². The van der Waals surface area contributed by atoms with Gasteiger partial charge in [0, 0.05) is 24.3 Å². The van der Waals surface area contributed by atoms with Crippen molar-refractivity contribution in [3.8, 4) is 0 Å². The van der Waals surface area contributed by atoms with Crippen molar-refractivity contribution in [1.82, 2.24) is 5.43 Å².